The standard InChI is InChI=1S/C18H26N4O3S/c19-7-8-20-16(23)13-4-1-9-21(12-13)17(24)14-5-2-10-22(14)18(25)15-6-3-11-26-15/h3,6,11,13-14H,1-2,4-5,7-10,12,19H2,(H,20,23). The van der Waals surface area contributed by atoms with E-state index in [1.165, 1.54) is 11.3 Å². The van der Waals surface area contributed by atoms with Gasteiger partial charge in [0, 0.05) is 32.7 Å². The minimum absolute atomic E-state index is 0.0243. The van der Waals surface area contributed by atoms with Crippen molar-refractivity contribution in [3.63, 3.8) is 0 Å². The maximum Gasteiger partial charge on any atom is 0.264 e. The molecule has 3 N–H and O–H groups in total. The molecule has 26 heavy (non-hydrogen) atoms. The summed E-state index contributed by atoms with van der Waals surface area (Å²) in [6.07, 6.45) is 3.11. The van der Waals surface area contributed by atoms with Gasteiger partial charge in [-0.2, -0.15) is 0 Å². The first-order chi connectivity index (χ1) is 12.6. The van der Waals surface area contributed by atoms with Gasteiger partial charge in [-0.25, -0.2) is 0 Å². The average Bonchev–Trinajstić information content (AvgIpc) is 3.37. The van der Waals surface area contributed by atoms with E-state index in [0.717, 1.165) is 19.3 Å². The van der Waals surface area contributed by atoms with Gasteiger partial charge in [-0.05, 0) is 37.1 Å². The van der Waals surface area contributed by atoms with Crippen molar-refractivity contribution in [2.24, 2.45) is 11.7 Å². The van der Waals surface area contributed by atoms with Crippen LogP contribution < -0.4 is 11.1 Å². The number of thiophene rings is 1. The zero-order valence-corrected chi connectivity index (χ0v) is 15.7. The fourth-order valence-corrected chi connectivity index (χ4v) is 4.43. The monoisotopic (exact) mass is 378 g/mol. The number of nitrogens with zero attached hydrogens (tertiary/aromatic N) is 2. The maximum absolute atomic E-state index is 13.1. The van der Waals surface area contributed by atoms with E-state index < -0.39 is 6.04 Å². The number of carbonyl (C=O) groups is 3. The Morgan fingerprint density at radius 2 is 2.04 bits per heavy atom. The summed E-state index contributed by atoms with van der Waals surface area (Å²) in [6, 6.07) is 3.24. The molecule has 3 heterocycles. The van der Waals surface area contributed by atoms with Crippen LogP contribution in [0.2, 0.25) is 0 Å². The summed E-state index contributed by atoms with van der Waals surface area (Å²) in [5.74, 6) is -0.318. The van der Waals surface area contributed by atoms with Gasteiger partial charge in [0.05, 0.1) is 10.8 Å². The number of rotatable bonds is 5. The van der Waals surface area contributed by atoms with Crippen molar-refractivity contribution in [3.05, 3.63) is 22.4 Å². The second-order valence-corrected chi connectivity index (χ2v) is 7.78. The summed E-state index contributed by atoms with van der Waals surface area (Å²) >= 11 is 1.40. The molecule has 142 valence electrons. The molecule has 2 aliphatic heterocycles. The molecular formula is C18H26N4O3S. The first kappa shape index (κ1) is 18.8. The van der Waals surface area contributed by atoms with E-state index in [-0.39, 0.29) is 23.6 Å². The van der Waals surface area contributed by atoms with Crippen LogP contribution in [-0.2, 0) is 9.59 Å². The van der Waals surface area contributed by atoms with Gasteiger partial charge in [0.25, 0.3) is 5.91 Å². The number of nitrogens with one attached hydrogen (secondary N) is 1. The third-order valence-electron chi connectivity index (χ3n) is 5.08. The summed E-state index contributed by atoms with van der Waals surface area (Å²) < 4.78 is 0. The normalized spacial score (nSPS) is 23.1. The highest BCUT2D eigenvalue weighted by Gasteiger charge is 2.39. The molecule has 2 fully saturated rings. The lowest BCUT2D eigenvalue weighted by Crippen LogP contribution is -2.52. The van der Waals surface area contributed by atoms with Crippen LogP contribution in [0.15, 0.2) is 17.5 Å². The number of amides is 3. The van der Waals surface area contributed by atoms with Gasteiger partial charge in [0.1, 0.15) is 6.04 Å². The maximum atomic E-state index is 13.1. The number of nitrogens with two attached hydrogens (primary N) is 1. The van der Waals surface area contributed by atoms with Gasteiger partial charge in [-0.1, -0.05) is 6.07 Å². The van der Waals surface area contributed by atoms with E-state index in [2.05, 4.69) is 5.32 Å². The summed E-state index contributed by atoms with van der Waals surface area (Å²) in [7, 11) is 0. The quantitative estimate of drug-likeness (QED) is 0.787. The Bertz CT molecular complexity index is 649. The van der Waals surface area contributed by atoms with Crippen molar-refractivity contribution >= 4 is 29.1 Å². The second kappa shape index (κ2) is 8.64. The van der Waals surface area contributed by atoms with Crippen molar-refractivity contribution in [1.29, 1.82) is 0 Å². The smallest absolute Gasteiger partial charge is 0.264 e. The van der Waals surface area contributed by atoms with Gasteiger partial charge in [0.15, 0.2) is 0 Å². The Hall–Kier alpha value is -1.93. The zero-order valence-electron chi connectivity index (χ0n) is 14.9. The van der Waals surface area contributed by atoms with E-state index >= 15 is 0 Å². The predicted molar refractivity (Wildman–Crippen MR) is 99.7 cm³/mol. The lowest BCUT2D eigenvalue weighted by Gasteiger charge is -2.35. The molecule has 0 saturated carbocycles. The molecule has 2 aliphatic rings. The molecule has 2 atom stereocenters. The summed E-state index contributed by atoms with van der Waals surface area (Å²) in [6.45, 7) is 2.54. The van der Waals surface area contributed by atoms with Crippen LogP contribution in [0.4, 0.5) is 0 Å². The first-order valence-corrected chi connectivity index (χ1v) is 10.1. The fraction of sp³-hybridized carbons (Fsp3) is 0.611. The first-order valence-electron chi connectivity index (χ1n) is 9.23. The van der Waals surface area contributed by atoms with Crippen LogP contribution in [0, 0.1) is 5.92 Å². The van der Waals surface area contributed by atoms with Gasteiger partial charge < -0.3 is 20.9 Å². The summed E-state index contributed by atoms with van der Waals surface area (Å²) in [5, 5.41) is 4.68. The van der Waals surface area contributed by atoms with E-state index in [9.17, 15) is 14.4 Å². The molecule has 2 unspecified atom stereocenters. The third kappa shape index (κ3) is 4.07. The molecular weight excluding hydrogens is 352 g/mol. The van der Waals surface area contributed by atoms with Crippen molar-refractivity contribution in [2.75, 3.05) is 32.7 Å². The molecule has 1 aromatic rings. The molecule has 0 bridgehead atoms. The average molecular weight is 378 g/mol. The lowest BCUT2D eigenvalue weighted by molar-refractivity contribution is -0.139. The zero-order chi connectivity index (χ0) is 18.5. The SMILES string of the molecule is NCCNC(=O)C1CCCN(C(=O)C2CCCN2C(=O)c2cccs2)C1. The Labute approximate surface area is 157 Å². The summed E-state index contributed by atoms with van der Waals surface area (Å²) in [4.78, 5) is 42.1. The van der Waals surface area contributed by atoms with Crippen LogP contribution in [-0.4, -0.2) is 66.3 Å². The number of hydrogen-bond donors (Lipinski definition) is 2. The Balaban J connectivity index is 1.64. The molecule has 0 spiro atoms. The van der Waals surface area contributed by atoms with Gasteiger partial charge >= 0.3 is 0 Å². The molecule has 7 nitrogen and oxygen atoms in total. The fourth-order valence-electron chi connectivity index (χ4n) is 3.75. The number of likely N-dealkylation sites (tertiary alicyclic amines) is 2. The molecule has 0 aliphatic carbocycles. The van der Waals surface area contributed by atoms with Crippen LogP contribution >= 0.6 is 11.3 Å². The van der Waals surface area contributed by atoms with Crippen molar-refractivity contribution in [1.82, 2.24) is 15.1 Å². The number of carbonyl (C=O) groups excluding carboxylic acids is 3. The predicted octanol–water partition coefficient (Wildman–Crippen LogP) is 0.666. The number of piperidine rings is 1. The van der Waals surface area contributed by atoms with E-state index in [1.807, 2.05) is 11.4 Å². The highest BCUT2D eigenvalue weighted by molar-refractivity contribution is 7.12. The Kier molecular flexibility index (Phi) is 6.26. The van der Waals surface area contributed by atoms with E-state index in [0.29, 0.717) is 44.0 Å². The molecule has 3 amide bonds. The third-order valence-corrected chi connectivity index (χ3v) is 5.94. The molecule has 0 radical (unpaired) electrons. The van der Waals surface area contributed by atoms with Gasteiger partial charge in [0.2, 0.25) is 11.8 Å². The largest absolute Gasteiger partial charge is 0.355 e. The lowest BCUT2D eigenvalue weighted by atomic mass is 9.96. The topological polar surface area (TPSA) is 95.7 Å². The molecule has 2 saturated heterocycles. The van der Waals surface area contributed by atoms with Crippen LogP contribution in [0.1, 0.15) is 35.4 Å². The molecule has 0 aromatic carbocycles. The van der Waals surface area contributed by atoms with Gasteiger partial charge in [-0.3, -0.25) is 14.4 Å². The highest BCUT2D eigenvalue weighted by atomic mass is 32.1. The van der Waals surface area contributed by atoms with Crippen LogP contribution in [0.5, 0.6) is 0 Å². The Morgan fingerprint density at radius 1 is 1.23 bits per heavy atom. The number of hydrogen-bond acceptors (Lipinski definition) is 5. The van der Waals surface area contributed by atoms with Crippen molar-refractivity contribution in [3.8, 4) is 0 Å². The minimum atomic E-state index is -0.407. The van der Waals surface area contributed by atoms with E-state index in [4.69, 9.17) is 5.73 Å². The van der Waals surface area contributed by atoms with Gasteiger partial charge in [-0.15, -0.1) is 11.3 Å². The van der Waals surface area contributed by atoms with Crippen LogP contribution in [0.25, 0.3) is 0 Å². The highest BCUT2D eigenvalue weighted by Crippen LogP contribution is 2.26. The van der Waals surface area contributed by atoms with Crippen molar-refractivity contribution < 1.29 is 14.4 Å². The minimum Gasteiger partial charge on any atom is -0.355 e. The van der Waals surface area contributed by atoms with Crippen molar-refractivity contribution in [2.45, 2.75) is 31.7 Å². The summed E-state index contributed by atoms with van der Waals surface area (Å²) in [5.41, 5.74) is 5.43. The second-order valence-electron chi connectivity index (χ2n) is 6.84. The molecule has 3 rings (SSSR count). The van der Waals surface area contributed by atoms with Crippen LogP contribution in [0.3, 0.4) is 0 Å². The molecule has 1 aromatic heterocycles. The molecule has 8 heteroatoms. The van der Waals surface area contributed by atoms with E-state index in [1.54, 1.807) is 15.9 Å². The Morgan fingerprint density at radius 3 is 2.77 bits per heavy atom.